The number of aliphatic imine (C=N–C) groups is 1. The lowest BCUT2D eigenvalue weighted by Crippen LogP contribution is -2.44. The Morgan fingerprint density at radius 2 is 2.00 bits per heavy atom. The van der Waals surface area contributed by atoms with Crippen molar-refractivity contribution in [2.75, 3.05) is 30.0 Å². The van der Waals surface area contributed by atoms with Crippen LogP contribution in [-0.4, -0.2) is 52.5 Å². The molecule has 1 aromatic carbocycles. The van der Waals surface area contributed by atoms with Crippen LogP contribution in [0.15, 0.2) is 59.0 Å². The Morgan fingerprint density at radius 3 is 2.67 bits per heavy atom. The van der Waals surface area contributed by atoms with E-state index >= 15 is 0 Å². The summed E-state index contributed by atoms with van der Waals surface area (Å²) < 4.78 is 70.6. The largest absolute Gasteiger partial charge is 0.497 e. The number of hydrogen-bond donors (Lipinski definition) is 3. The number of rotatable bonds is 8. The smallest absolute Gasteiger partial charge is 0.421 e. The van der Waals surface area contributed by atoms with Crippen LogP contribution in [-0.2, 0) is 16.6 Å². The minimum atomic E-state index is -4.67. The molecule has 1 atom stereocenters. The zero-order valence-electron chi connectivity index (χ0n) is 18.0. The van der Waals surface area contributed by atoms with Crippen molar-refractivity contribution in [1.29, 1.82) is 0 Å². The molecule has 2 aromatic rings. The number of nitrogens with zero attached hydrogens (tertiary/aromatic N) is 3. The van der Waals surface area contributed by atoms with Crippen molar-refractivity contribution >= 4 is 27.7 Å². The molecule has 0 spiro atoms. The Balaban J connectivity index is 1.82. The standard InChI is InChI=1S/C20H23F3N6O3S/c1-29(33(3,30)31)18-13(6-5-9-24-18)11-25-17-16(20(21,22)23)12-26-19(28-17)27-14-7-4-8-15(10-14)32-2/h4-10,12,19,25,27-28H,11H2,1-3H3. The van der Waals surface area contributed by atoms with Gasteiger partial charge in [0.05, 0.1) is 13.4 Å². The van der Waals surface area contributed by atoms with Crippen molar-refractivity contribution in [1.82, 2.24) is 15.6 Å². The molecule has 0 amide bonds. The molecule has 9 nitrogen and oxygen atoms in total. The number of benzene rings is 1. The average Bonchev–Trinajstić information content (AvgIpc) is 2.76. The zero-order valence-corrected chi connectivity index (χ0v) is 18.8. The highest BCUT2D eigenvalue weighted by molar-refractivity contribution is 7.92. The predicted molar refractivity (Wildman–Crippen MR) is 119 cm³/mol. The van der Waals surface area contributed by atoms with Gasteiger partial charge in [0.2, 0.25) is 10.0 Å². The van der Waals surface area contributed by atoms with Crippen LogP contribution < -0.4 is 25.0 Å². The molecule has 1 aliphatic rings. The van der Waals surface area contributed by atoms with Crippen LogP contribution in [0.25, 0.3) is 0 Å². The van der Waals surface area contributed by atoms with Gasteiger partial charge >= 0.3 is 6.18 Å². The van der Waals surface area contributed by atoms with Gasteiger partial charge in [0.1, 0.15) is 23.0 Å². The van der Waals surface area contributed by atoms with Gasteiger partial charge in [-0.3, -0.25) is 4.31 Å². The van der Waals surface area contributed by atoms with Crippen LogP contribution >= 0.6 is 0 Å². The van der Waals surface area contributed by atoms with Gasteiger partial charge in [-0.05, 0) is 18.2 Å². The number of alkyl halides is 3. The Morgan fingerprint density at radius 1 is 1.24 bits per heavy atom. The molecule has 0 aliphatic carbocycles. The lowest BCUT2D eigenvalue weighted by Gasteiger charge is -2.28. The average molecular weight is 485 g/mol. The molecule has 0 radical (unpaired) electrons. The van der Waals surface area contributed by atoms with E-state index in [0.717, 1.165) is 16.8 Å². The number of sulfonamides is 1. The summed E-state index contributed by atoms with van der Waals surface area (Å²) in [6, 6.07) is 10.0. The maximum Gasteiger partial charge on any atom is 0.421 e. The van der Waals surface area contributed by atoms with Gasteiger partial charge in [0.15, 0.2) is 6.29 Å². The van der Waals surface area contributed by atoms with Crippen molar-refractivity contribution in [3.05, 3.63) is 59.6 Å². The van der Waals surface area contributed by atoms with Crippen LogP contribution in [0.1, 0.15) is 5.56 Å². The number of methoxy groups -OCH3 is 1. The number of hydrogen-bond acceptors (Lipinski definition) is 8. The fraction of sp³-hybridized carbons (Fsp3) is 0.300. The Hall–Kier alpha value is -3.48. The minimum Gasteiger partial charge on any atom is -0.497 e. The SMILES string of the molecule is COc1cccc(NC2N=CC(C(F)(F)F)=C(NCc3cccnc3N(C)S(C)(=O)=O)N2)c1. The van der Waals surface area contributed by atoms with E-state index in [4.69, 9.17) is 4.74 Å². The maximum absolute atomic E-state index is 13.6. The lowest BCUT2D eigenvalue weighted by molar-refractivity contribution is -0.0873. The monoisotopic (exact) mass is 484 g/mol. The third-order valence-electron chi connectivity index (χ3n) is 4.70. The number of aromatic nitrogens is 1. The molecule has 33 heavy (non-hydrogen) atoms. The highest BCUT2D eigenvalue weighted by Gasteiger charge is 2.38. The second kappa shape index (κ2) is 9.57. The number of pyridine rings is 1. The highest BCUT2D eigenvalue weighted by atomic mass is 32.2. The number of anilines is 2. The van der Waals surface area contributed by atoms with Gasteiger partial charge < -0.3 is 20.7 Å². The summed E-state index contributed by atoms with van der Waals surface area (Å²) in [6.07, 6.45) is -2.40. The van der Waals surface area contributed by atoms with E-state index in [1.807, 2.05) is 0 Å². The van der Waals surface area contributed by atoms with Gasteiger partial charge in [-0.15, -0.1) is 0 Å². The molecule has 13 heteroatoms. The normalized spacial score (nSPS) is 16.2. The Kier molecular flexibility index (Phi) is 7.01. The summed E-state index contributed by atoms with van der Waals surface area (Å²) >= 11 is 0. The summed E-state index contributed by atoms with van der Waals surface area (Å²) in [5, 5.41) is 8.38. The Bertz CT molecular complexity index is 1170. The lowest BCUT2D eigenvalue weighted by atomic mass is 10.2. The fourth-order valence-electron chi connectivity index (χ4n) is 2.96. The highest BCUT2D eigenvalue weighted by Crippen LogP contribution is 2.28. The number of halogens is 3. The molecule has 1 aromatic heterocycles. The van der Waals surface area contributed by atoms with E-state index in [2.05, 4.69) is 25.9 Å². The van der Waals surface area contributed by atoms with E-state index in [1.54, 1.807) is 36.4 Å². The summed E-state index contributed by atoms with van der Waals surface area (Å²) in [7, 11) is -0.786. The predicted octanol–water partition coefficient (Wildman–Crippen LogP) is 2.42. The molecule has 178 valence electrons. The molecule has 1 unspecified atom stereocenters. The van der Waals surface area contributed by atoms with E-state index in [1.165, 1.54) is 20.4 Å². The van der Waals surface area contributed by atoms with Gasteiger partial charge in [0, 0.05) is 43.3 Å². The molecule has 2 heterocycles. The second-order valence-electron chi connectivity index (χ2n) is 7.06. The summed E-state index contributed by atoms with van der Waals surface area (Å²) in [4.78, 5) is 7.97. The van der Waals surface area contributed by atoms with Gasteiger partial charge in [-0.1, -0.05) is 12.1 Å². The fourth-order valence-corrected chi connectivity index (χ4v) is 3.44. The van der Waals surface area contributed by atoms with E-state index in [9.17, 15) is 21.6 Å². The molecule has 0 saturated heterocycles. The first kappa shape index (κ1) is 24.2. The molecule has 3 rings (SSSR count). The van der Waals surface area contributed by atoms with E-state index in [-0.39, 0.29) is 18.2 Å². The first-order valence-electron chi connectivity index (χ1n) is 9.62. The quantitative estimate of drug-likeness (QED) is 0.528. The van der Waals surface area contributed by atoms with Gasteiger partial charge in [-0.2, -0.15) is 13.2 Å². The third kappa shape index (κ3) is 6.06. The number of nitrogens with one attached hydrogen (secondary N) is 3. The van der Waals surface area contributed by atoms with E-state index < -0.39 is 28.1 Å². The molecular formula is C20H23F3N6O3S. The van der Waals surface area contributed by atoms with Crippen molar-refractivity contribution < 1.29 is 26.3 Å². The summed E-state index contributed by atoms with van der Waals surface area (Å²) in [5.41, 5.74) is -0.0164. The molecular weight excluding hydrogens is 461 g/mol. The Labute approximate surface area is 189 Å². The maximum atomic E-state index is 13.6. The number of ether oxygens (including phenoxy) is 1. The first-order chi connectivity index (χ1) is 15.5. The summed E-state index contributed by atoms with van der Waals surface area (Å²) in [6.45, 7) is -0.120. The molecule has 3 N–H and O–H groups in total. The van der Waals surface area contributed by atoms with Crippen molar-refractivity contribution in [2.45, 2.75) is 19.0 Å². The van der Waals surface area contributed by atoms with Gasteiger partial charge in [-0.25, -0.2) is 18.4 Å². The molecule has 1 aliphatic heterocycles. The first-order valence-corrected chi connectivity index (χ1v) is 11.5. The minimum absolute atomic E-state index is 0.109. The topological polar surface area (TPSA) is 108 Å². The third-order valence-corrected chi connectivity index (χ3v) is 5.87. The summed E-state index contributed by atoms with van der Waals surface area (Å²) in [5.74, 6) is 0.371. The van der Waals surface area contributed by atoms with Crippen molar-refractivity contribution in [2.24, 2.45) is 4.99 Å². The van der Waals surface area contributed by atoms with Crippen LogP contribution in [0.3, 0.4) is 0 Å². The second-order valence-corrected chi connectivity index (χ2v) is 9.07. The molecule has 0 fully saturated rings. The van der Waals surface area contributed by atoms with Crippen LogP contribution in [0, 0.1) is 0 Å². The van der Waals surface area contributed by atoms with Crippen LogP contribution in [0.2, 0.25) is 0 Å². The van der Waals surface area contributed by atoms with Gasteiger partial charge in [0.25, 0.3) is 0 Å². The molecule has 0 saturated carbocycles. The molecule has 0 bridgehead atoms. The van der Waals surface area contributed by atoms with Crippen LogP contribution in [0.5, 0.6) is 5.75 Å². The zero-order chi connectivity index (χ0) is 24.2. The van der Waals surface area contributed by atoms with E-state index in [0.29, 0.717) is 17.0 Å². The van der Waals surface area contributed by atoms with Crippen molar-refractivity contribution in [3.63, 3.8) is 0 Å². The number of allylic oxidation sites excluding steroid dienone is 1. The van der Waals surface area contributed by atoms with Crippen LogP contribution in [0.4, 0.5) is 24.7 Å². The van der Waals surface area contributed by atoms with Crippen molar-refractivity contribution in [3.8, 4) is 5.75 Å².